The number of para-hydroxylation sites is 1. The van der Waals surface area contributed by atoms with Crippen molar-refractivity contribution < 1.29 is 4.79 Å². The van der Waals surface area contributed by atoms with Crippen LogP contribution >= 0.6 is 16.1 Å². The van der Waals surface area contributed by atoms with E-state index in [1.807, 2.05) is 30.3 Å². The van der Waals surface area contributed by atoms with Crippen molar-refractivity contribution in [1.29, 1.82) is 0 Å². The lowest BCUT2D eigenvalue weighted by Gasteiger charge is -2.14. The lowest BCUT2D eigenvalue weighted by Crippen LogP contribution is -2.19. The molecule has 0 aliphatic rings. The Bertz CT molecular complexity index is 326. The van der Waals surface area contributed by atoms with Gasteiger partial charge in [-0.15, -0.1) is 0 Å². The maximum Gasteiger partial charge on any atom is 0.237 e. The number of rotatable bonds is 7. The highest BCUT2D eigenvalue weighted by atomic mass is 79.9. The molecule has 0 atom stereocenters. The van der Waals surface area contributed by atoms with E-state index < -0.39 is 0 Å². The van der Waals surface area contributed by atoms with Crippen LogP contribution in [0.4, 0.5) is 5.69 Å². The highest BCUT2D eigenvalue weighted by Gasteiger charge is 2.11. The molecule has 0 N–H and O–H groups in total. The molecule has 0 aromatic heterocycles. The maximum atomic E-state index is 11.9. The Labute approximate surface area is 112 Å². The summed E-state index contributed by atoms with van der Waals surface area (Å²) in [6.07, 6.45) is 6.48. The minimum atomic E-state index is 0.132. The minimum Gasteiger partial charge on any atom is -0.274 e. The molecule has 0 saturated carbocycles. The number of amides is 1. The van der Waals surface area contributed by atoms with Gasteiger partial charge in [0.25, 0.3) is 0 Å². The smallest absolute Gasteiger partial charge is 0.237 e. The molecular formula is C14H20BrNO. The van der Waals surface area contributed by atoms with Crippen molar-refractivity contribution in [2.75, 3.05) is 3.93 Å². The van der Waals surface area contributed by atoms with E-state index in [-0.39, 0.29) is 5.91 Å². The van der Waals surface area contributed by atoms with Gasteiger partial charge in [0.05, 0.1) is 21.8 Å². The Morgan fingerprint density at radius 1 is 1.12 bits per heavy atom. The molecule has 0 fully saturated rings. The SMILES string of the molecule is CCCCCCCC(=O)N(Br)c1ccccc1. The predicted molar refractivity (Wildman–Crippen MR) is 76.2 cm³/mol. The van der Waals surface area contributed by atoms with Gasteiger partial charge in [0.1, 0.15) is 0 Å². The van der Waals surface area contributed by atoms with Gasteiger partial charge in [-0.2, -0.15) is 0 Å². The minimum absolute atomic E-state index is 0.132. The topological polar surface area (TPSA) is 20.3 Å². The summed E-state index contributed by atoms with van der Waals surface area (Å²) in [6, 6.07) is 9.64. The Kier molecular flexibility index (Phi) is 6.94. The largest absolute Gasteiger partial charge is 0.274 e. The van der Waals surface area contributed by atoms with Crippen molar-refractivity contribution in [3.05, 3.63) is 30.3 Å². The molecule has 0 aliphatic carbocycles. The fraction of sp³-hybridized carbons (Fsp3) is 0.500. The molecular weight excluding hydrogens is 278 g/mol. The van der Waals surface area contributed by atoms with Crippen molar-refractivity contribution in [3.63, 3.8) is 0 Å². The molecule has 0 spiro atoms. The first-order valence-corrected chi connectivity index (χ1v) is 7.00. The zero-order chi connectivity index (χ0) is 12.5. The molecule has 0 saturated heterocycles. The van der Waals surface area contributed by atoms with E-state index in [4.69, 9.17) is 0 Å². The van der Waals surface area contributed by atoms with Crippen molar-refractivity contribution >= 4 is 27.7 Å². The van der Waals surface area contributed by atoms with Gasteiger partial charge >= 0.3 is 0 Å². The number of carbonyl (C=O) groups excluding carboxylic acids is 1. The Balaban J connectivity index is 2.28. The normalized spacial score (nSPS) is 10.2. The third kappa shape index (κ3) is 5.35. The number of halogens is 1. The number of unbranched alkanes of at least 4 members (excludes halogenated alkanes) is 4. The fourth-order valence-corrected chi connectivity index (χ4v) is 2.09. The van der Waals surface area contributed by atoms with Crippen LogP contribution < -0.4 is 3.93 Å². The van der Waals surface area contributed by atoms with E-state index >= 15 is 0 Å². The van der Waals surface area contributed by atoms with Crippen LogP contribution in [-0.2, 0) is 4.79 Å². The zero-order valence-corrected chi connectivity index (χ0v) is 11.9. The highest BCUT2D eigenvalue weighted by molar-refractivity contribution is 9.10. The lowest BCUT2D eigenvalue weighted by molar-refractivity contribution is -0.117. The van der Waals surface area contributed by atoms with Crippen molar-refractivity contribution in [2.24, 2.45) is 0 Å². The summed E-state index contributed by atoms with van der Waals surface area (Å²) in [7, 11) is 0. The highest BCUT2D eigenvalue weighted by Crippen LogP contribution is 2.19. The number of benzene rings is 1. The third-order valence-corrected chi connectivity index (χ3v) is 3.50. The summed E-state index contributed by atoms with van der Waals surface area (Å²) in [5.74, 6) is 0.132. The third-order valence-electron chi connectivity index (χ3n) is 2.70. The fourth-order valence-electron chi connectivity index (χ4n) is 1.68. The summed E-state index contributed by atoms with van der Waals surface area (Å²) in [5.41, 5.74) is 0.894. The van der Waals surface area contributed by atoms with Crippen LogP contribution in [0.1, 0.15) is 45.4 Å². The van der Waals surface area contributed by atoms with E-state index in [1.165, 1.54) is 19.3 Å². The zero-order valence-electron chi connectivity index (χ0n) is 10.4. The molecule has 1 aromatic rings. The molecule has 0 radical (unpaired) electrons. The van der Waals surface area contributed by atoms with Crippen LogP contribution in [-0.4, -0.2) is 5.91 Å². The quantitative estimate of drug-likeness (QED) is 0.528. The summed E-state index contributed by atoms with van der Waals surface area (Å²) in [6.45, 7) is 2.20. The number of hydrogen-bond donors (Lipinski definition) is 0. The first kappa shape index (κ1) is 14.2. The Hall–Kier alpha value is -0.830. The molecule has 3 heteroatoms. The second kappa shape index (κ2) is 8.29. The van der Waals surface area contributed by atoms with E-state index in [0.29, 0.717) is 6.42 Å². The average Bonchev–Trinajstić information content (AvgIpc) is 2.38. The van der Waals surface area contributed by atoms with Gasteiger partial charge < -0.3 is 0 Å². The van der Waals surface area contributed by atoms with Gasteiger partial charge in [0.15, 0.2) is 0 Å². The van der Waals surface area contributed by atoms with Gasteiger partial charge in [-0.25, -0.2) is 3.93 Å². The monoisotopic (exact) mass is 297 g/mol. The van der Waals surface area contributed by atoms with Gasteiger partial charge in [-0.3, -0.25) is 4.79 Å². The number of hydrogen-bond acceptors (Lipinski definition) is 1. The molecule has 0 bridgehead atoms. The van der Waals surface area contributed by atoms with Gasteiger partial charge in [0, 0.05) is 6.42 Å². The van der Waals surface area contributed by atoms with Gasteiger partial charge in [0.2, 0.25) is 5.91 Å². The molecule has 1 rings (SSSR count). The number of nitrogens with zero attached hydrogens (tertiary/aromatic N) is 1. The molecule has 94 valence electrons. The van der Waals surface area contributed by atoms with Gasteiger partial charge in [-0.05, 0) is 18.6 Å². The van der Waals surface area contributed by atoms with Crippen molar-refractivity contribution in [2.45, 2.75) is 45.4 Å². The van der Waals surface area contributed by atoms with E-state index in [1.54, 1.807) is 3.93 Å². The van der Waals surface area contributed by atoms with Crippen LogP contribution in [0.3, 0.4) is 0 Å². The van der Waals surface area contributed by atoms with Crippen LogP contribution in [0.5, 0.6) is 0 Å². The van der Waals surface area contributed by atoms with Crippen LogP contribution in [0, 0.1) is 0 Å². The van der Waals surface area contributed by atoms with E-state index in [9.17, 15) is 4.79 Å². The van der Waals surface area contributed by atoms with Crippen LogP contribution in [0.25, 0.3) is 0 Å². The number of anilines is 1. The predicted octanol–water partition coefficient (Wildman–Crippen LogP) is 4.69. The first-order chi connectivity index (χ1) is 8.25. The molecule has 2 nitrogen and oxygen atoms in total. The summed E-state index contributed by atoms with van der Waals surface area (Å²) >= 11 is 3.32. The van der Waals surface area contributed by atoms with E-state index in [2.05, 4.69) is 23.1 Å². The first-order valence-electron chi connectivity index (χ1n) is 6.29. The van der Waals surface area contributed by atoms with Crippen molar-refractivity contribution in [1.82, 2.24) is 0 Å². The molecule has 0 heterocycles. The summed E-state index contributed by atoms with van der Waals surface area (Å²) < 4.78 is 1.56. The Morgan fingerprint density at radius 2 is 1.76 bits per heavy atom. The maximum absolute atomic E-state index is 11.9. The second-order valence-electron chi connectivity index (χ2n) is 4.17. The molecule has 1 amide bonds. The van der Waals surface area contributed by atoms with E-state index in [0.717, 1.165) is 18.5 Å². The Morgan fingerprint density at radius 3 is 2.41 bits per heavy atom. The summed E-state index contributed by atoms with van der Waals surface area (Å²) in [5, 5.41) is 0. The number of carbonyl (C=O) groups is 1. The standard InChI is InChI=1S/C14H20BrNO/c1-2-3-4-5-9-12-14(17)16(15)13-10-7-6-8-11-13/h6-8,10-11H,2-5,9,12H2,1H3. The molecule has 17 heavy (non-hydrogen) atoms. The molecule has 0 unspecified atom stereocenters. The molecule has 1 aromatic carbocycles. The second-order valence-corrected chi connectivity index (χ2v) is 4.88. The van der Waals surface area contributed by atoms with Crippen molar-refractivity contribution in [3.8, 4) is 0 Å². The van der Waals surface area contributed by atoms with Crippen LogP contribution in [0.2, 0.25) is 0 Å². The summed E-state index contributed by atoms with van der Waals surface area (Å²) in [4.78, 5) is 11.9. The van der Waals surface area contributed by atoms with Crippen LogP contribution in [0.15, 0.2) is 30.3 Å². The average molecular weight is 298 g/mol. The molecule has 0 aliphatic heterocycles. The lowest BCUT2D eigenvalue weighted by atomic mass is 10.1. The van der Waals surface area contributed by atoms with Gasteiger partial charge in [-0.1, -0.05) is 50.8 Å².